The van der Waals surface area contributed by atoms with Crippen LogP contribution in [0.1, 0.15) is 47.2 Å². The Balaban J connectivity index is 1.82. The highest BCUT2D eigenvalue weighted by Gasteiger charge is 2.37. The first-order chi connectivity index (χ1) is 14.8. The average Bonchev–Trinajstić information content (AvgIpc) is 2.99. The smallest absolute Gasteiger partial charge is 0.419 e. The number of esters is 1. The molecular formula is C24H29F3NO3+. The summed E-state index contributed by atoms with van der Waals surface area (Å²) in [4.78, 5) is 12.1. The Bertz CT molecular complexity index is 860. The second-order valence-electron chi connectivity index (χ2n) is 8.09. The van der Waals surface area contributed by atoms with Crippen molar-refractivity contribution in [2.24, 2.45) is 0 Å². The molecule has 0 aromatic heterocycles. The van der Waals surface area contributed by atoms with Gasteiger partial charge in [-0.3, -0.25) is 0 Å². The van der Waals surface area contributed by atoms with Crippen molar-refractivity contribution in [2.75, 3.05) is 33.4 Å². The molecule has 1 aliphatic rings. The number of alkyl halides is 3. The van der Waals surface area contributed by atoms with E-state index in [1.165, 1.54) is 30.5 Å². The van der Waals surface area contributed by atoms with Gasteiger partial charge in [0.1, 0.15) is 31.0 Å². The minimum atomic E-state index is -4.63. The summed E-state index contributed by atoms with van der Waals surface area (Å²) in [7, 11) is 1.14. The van der Waals surface area contributed by atoms with Crippen molar-refractivity contribution >= 4 is 5.97 Å². The third-order valence-corrected chi connectivity index (χ3v) is 5.91. The predicted octanol–water partition coefficient (Wildman–Crippen LogP) is 5.46. The normalized spacial score (nSPS) is 16.4. The van der Waals surface area contributed by atoms with E-state index in [1.54, 1.807) is 0 Å². The quantitative estimate of drug-likeness (QED) is 0.427. The first-order valence-electron chi connectivity index (χ1n) is 10.6. The molecule has 0 radical (unpaired) electrons. The van der Waals surface area contributed by atoms with Crippen molar-refractivity contribution in [3.8, 4) is 5.75 Å². The van der Waals surface area contributed by atoms with Gasteiger partial charge < -0.3 is 14.0 Å². The van der Waals surface area contributed by atoms with Crippen LogP contribution in [0.4, 0.5) is 13.2 Å². The number of carbonyl (C=O) groups excluding carboxylic acids is 1. The Labute approximate surface area is 181 Å². The van der Waals surface area contributed by atoms with Crippen molar-refractivity contribution in [1.29, 1.82) is 0 Å². The summed E-state index contributed by atoms with van der Waals surface area (Å²) in [6.45, 7) is 3.40. The second-order valence-corrected chi connectivity index (χ2v) is 8.09. The molecule has 0 bridgehead atoms. The molecule has 2 aromatic rings. The largest absolute Gasteiger partial charge is 0.486 e. The molecule has 3 rings (SSSR count). The summed E-state index contributed by atoms with van der Waals surface area (Å²) in [5, 5.41) is 0. The lowest BCUT2D eigenvalue weighted by atomic mass is 10.1. The lowest BCUT2D eigenvalue weighted by Crippen LogP contribution is -2.50. The molecule has 1 aliphatic heterocycles. The molecule has 1 fully saturated rings. The van der Waals surface area contributed by atoms with Crippen LogP contribution < -0.4 is 4.74 Å². The highest BCUT2D eigenvalue weighted by Crippen LogP contribution is 2.38. The standard InChI is InChI=1S/C24H29F3NO3/c1-30-23(29)20-12-9-13-21(24(25,26)27)22(20)31-17-16-28(14-7-2-3-8-15-28)18-19-10-5-4-6-11-19/h4-6,9-13H,2-3,7-8,14-18H2,1H3/q+1. The lowest BCUT2D eigenvalue weighted by molar-refractivity contribution is -0.940. The Morgan fingerprint density at radius 2 is 1.65 bits per heavy atom. The molecule has 0 unspecified atom stereocenters. The van der Waals surface area contributed by atoms with Crippen LogP contribution >= 0.6 is 0 Å². The van der Waals surface area contributed by atoms with Crippen LogP contribution in [0, 0.1) is 0 Å². The van der Waals surface area contributed by atoms with Gasteiger partial charge >= 0.3 is 12.1 Å². The molecular weight excluding hydrogens is 407 g/mol. The number of hydrogen-bond acceptors (Lipinski definition) is 3. The van der Waals surface area contributed by atoms with Crippen LogP contribution in [0.5, 0.6) is 5.75 Å². The second kappa shape index (κ2) is 10.2. The number of halogens is 3. The molecule has 168 valence electrons. The van der Waals surface area contributed by atoms with Gasteiger partial charge in [0.25, 0.3) is 0 Å². The monoisotopic (exact) mass is 436 g/mol. The first kappa shape index (κ1) is 23.1. The first-order valence-corrected chi connectivity index (χ1v) is 10.6. The number of ether oxygens (including phenoxy) is 2. The van der Waals surface area contributed by atoms with Gasteiger partial charge in [-0.25, -0.2) is 4.79 Å². The zero-order chi connectivity index (χ0) is 22.3. The molecule has 0 amide bonds. The van der Waals surface area contributed by atoms with E-state index in [1.807, 2.05) is 18.2 Å². The zero-order valence-electron chi connectivity index (χ0n) is 17.8. The van der Waals surface area contributed by atoms with Crippen LogP contribution in [-0.4, -0.2) is 43.8 Å². The van der Waals surface area contributed by atoms with Crippen molar-refractivity contribution in [3.63, 3.8) is 0 Å². The van der Waals surface area contributed by atoms with Gasteiger partial charge in [-0.1, -0.05) is 36.4 Å². The van der Waals surface area contributed by atoms with Crippen molar-refractivity contribution in [3.05, 3.63) is 65.2 Å². The molecule has 0 saturated carbocycles. The summed E-state index contributed by atoms with van der Waals surface area (Å²) >= 11 is 0. The molecule has 4 nitrogen and oxygen atoms in total. The van der Waals surface area contributed by atoms with Gasteiger partial charge in [0.15, 0.2) is 0 Å². The number of carbonyl (C=O) groups is 1. The van der Waals surface area contributed by atoms with Gasteiger partial charge in [0.05, 0.1) is 25.8 Å². The number of likely N-dealkylation sites (tertiary alicyclic amines) is 1. The maximum Gasteiger partial charge on any atom is 0.419 e. The maximum absolute atomic E-state index is 13.6. The summed E-state index contributed by atoms with van der Waals surface area (Å²) < 4.78 is 51.8. The van der Waals surface area contributed by atoms with E-state index in [2.05, 4.69) is 16.9 Å². The molecule has 7 heteroatoms. The van der Waals surface area contributed by atoms with Gasteiger partial charge in [-0.05, 0) is 37.8 Å². The van der Waals surface area contributed by atoms with E-state index in [-0.39, 0.29) is 12.2 Å². The molecule has 0 atom stereocenters. The summed E-state index contributed by atoms with van der Waals surface area (Å²) in [6, 6.07) is 13.6. The fourth-order valence-electron chi connectivity index (χ4n) is 4.32. The van der Waals surface area contributed by atoms with Crippen molar-refractivity contribution < 1.29 is 31.9 Å². The molecule has 2 aromatic carbocycles. The van der Waals surface area contributed by atoms with Crippen LogP contribution in [0.3, 0.4) is 0 Å². The molecule has 1 heterocycles. The Morgan fingerprint density at radius 3 is 2.26 bits per heavy atom. The summed E-state index contributed by atoms with van der Waals surface area (Å²) in [5.74, 6) is -1.29. The van der Waals surface area contributed by atoms with E-state index in [0.717, 1.165) is 50.1 Å². The fraction of sp³-hybridized carbons (Fsp3) is 0.458. The average molecular weight is 436 g/mol. The van der Waals surface area contributed by atoms with Crippen LogP contribution in [0.2, 0.25) is 0 Å². The minimum Gasteiger partial charge on any atom is -0.486 e. The highest BCUT2D eigenvalue weighted by atomic mass is 19.4. The Morgan fingerprint density at radius 1 is 0.968 bits per heavy atom. The minimum absolute atomic E-state index is 0.0872. The van der Waals surface area contributed by atoms with E-state index in [4.69, 9.17) is 4.74 Å². The van der Waals surface area contributed by atoms with E-state index in [9.17, 15) is 18.0 Å². The summed E-state index contributed by atoms with van der Waals surface area (Å²) in [6.07, 6.45) is -0.130. The molecule has 31 heavy (non-hydrogen) atoms. The molecule has 0 N–H and O–H groups in total. The van der Waals surface area contributed by atoms with Gasteiger partial charge in [-0.15, -0.1) is 0 Å². The van der Waals surface area contributed by atoms with Crippen LogP contribution in [-0.2, 0) is 17.5 Å². The van der Waals surface area contributed by atoms with Crippen molar-refractivity contribution in [2.45, 2.75) is 38.4 Å². The van der Waals surface area contributed by atoms with Crippen LogP contribution in [0.25, 0.3) is 0 Å². The lowest BCUT2D eigenvalue weighted by Gasteiger charge is -2.38. The van der Waals surface area contributed by atoms with E-state index < -0.39 is 23.5 Å². The highest BCUT2D eigenvalue weighted by molar-refractivity contribution is 5.93. The van der Waals surface area contributed by atoms with E-state index in [0.29, 0.717) is 6.54 Å². The van der Waals surface area contributed by atoms with E-state index >= 15 is 0 Å². The van der Waals surface area contributed by atoms with Gasteiger partial charge in [0.2, 0.25) is 0 Å². The number of hydrogen-bond donors (Lipinski definition) is 0. The third-order valence-electron chi connectivity index (χ3n) is 5.91. The SMILES string of the molecule is COC(=O)c1cccc(C(F)(F)F)c1OCC[N+]1(Cc2ccccc2)CCCCCC1. The molecule has 0 aliphatic carbocycles. The number of nitrogens with zero attached hydrogens (tertiary/aromatic N) is 1. The number of methoxy groups -OCH3 is 1. The number of quaternary nitrogens is 1. The third kappa shape index (κ3) is 6.00. The maximum atomic E-state index is 13.6. The van der Waals surface area contributed by atoms with Gasteiger partial charge in [-0.2, -0.15) is 13.2 Å². The number of para-hydroxylation sites is 1. The Kier molecular flexibility index (Phi) is 7.59. The van der Waals surface area contributed by atoms with Gasteiger partial charge in [0, 0.05) is 5.56 Å². The summed E-state index contributed by atoms with van der Waals surface area (Å²) in [5.41, 5.74) is 0.0408. The number of rotatable bonds is 7. The fourth-order valence-corrected chi connectivity index (χ4v) is 4.32. The Hall–Kier alpha value is -2.54. The van der Waals surface area contributed by atoms with Crippen LogP contribution in [0.15, 0.2) is 48.5 Å². The predicted molar refractivity (Wildman–Crippen MR) is 112 cm³/mol. The van der Waals surface area contributed by atoms with Crippen molar-refractivity contribution in [1.82, 2.24) is 0 Å². The zero-order valence-corrected chi connectivity index (χ0v) is 17.8. The molecule has 1 saturated heterocycles. The number of benzene rings is 2. The topological polar surface area (TPSA) is 35.5 Å². The molecule has 0 spiro atoms.